The van der Waals surface area contributed by atoms with Crippen LogP contribution in [0.15, 0.2) is 36.5 Å². The van der Waals surface area contributed by atoms with E-state index in [4.69, 9.17) is 18.5 Å². The molecule has 0 aromatic rings. The number of hydrogen-bond acceptors (Lipinski definition) is 7. The molecule has 2 atom stereocenters. The highest BCUT2D eigenvalue weighted by Crippen LogP contribution is 2.38. The van der Waals surface area contributed by atoms with Crippen LogP contribution in [0.5, 0.6) is 0 Å². The maximum atomic E-state index is 12.5. The number of ether oxygens (including phenoxy) is 2. The second-order valence-electron chi connectivity index (χ2n) is 12.9. The Morgan fingerprint density at radius 2 is 1.29 bits per heavy atom. The summed E-state index contributed by atoms with van der Waals surface area (Å²) in [5.74, 6) is -0.349. The second-order valence-corrected chi connectivity index (χ2v) is 14.3. The molecule has 0 heterocycles. The van der Waals surface area contributed by atoms with Gasteiger partial charge in [-0.15, -0.1) is 0 Å². The third-order valence-electron chi connectivity index (χ3n) is 7.21. The fourth-order valence-corrected chi connectivity index (χ4v) is 5.17. The predicted molar refractivity (Wildman–Crippen MR) is 185 cm³/mol. The molecule has 0 saturated heterocycles. The maximum Gasteiger partial charge on any atom is 0.306 e. The Bertz CT molecular complexity index is 823. The maximum absolute atomic E-state index is 12.5. The van der Waals surface area contributed by atoms with E-state index >= 15 is 0 Å². The molecule has 0 radical (unpaired) electrons. The molecular formula is C36H68NO7P. The van der Waals surface area contributed by atoms with Gasteiger partial charge in [0.25, 0.3) is 7.82 Å². The first-order chi connectivity index (χ1) is 21.6. The monoisotopic (exact) mass is 657 g/mol. The highest BCUT2D eigenvalue weighted by Gasteiger charge is 2.20. The Morgan fingerprint density at radius 3 is 1.93 bits per heavy atom. The van der Waals surface area contributed by atoms with Crippen molar-refractivity contribution in [3.8, 4) is 0 Å². The van der Waals surface area contributed by atoms with E-state index in [9.17, 15) is 14.3 Å². The number of esters is 1. The van der Waals surface area contributed by atoms with Crippen LogP contribution >= 0.6 is 7.82 Å². The molecule has 0 bridgehead atoms. The molecule has 0 aliphatic carbocycles. The van der Waals surface area contributed by atoms with Crippen LogP contribution in [0.2, 0.25) is 0 Å². The number of unbranched alkanes of at least 4 members (excludes halogenated alkanes) is 12. The number of rotatable bonds is 32. The smallest absolute Gasteiger partial charge is 0.306 e. The summed E-state index contributed by atoms with van der Waals surface area (Å²) in [5, 5.41) is 0. The van der Waals surface area contributed by atoms with Gasteiger partial charge in [0.15, 0.2) is 0 Å². The summed E-state index contributed by atoms with van der Waals surface area (Å²) < 4.78 is 34.2. The van der Waals surface area contributed by atoms with Gasteiger partial charge in [-0.1, -0.05) is 115 Å². The first kappa shape index (κ1) is 43.7. The van der Waals surface area contributed by atoms with Gasteiger partial charge in [0.05, 0.1) is 34.4 Å². The van der Waals surface area contributed by atoms with Crippen molar-refractivity contribution in [1.82, 2.24) is 0 Å². The van der Waals surface area contributed by atoms with Crippen LogP contribution in [0.3, 0.4) is 0 Å². The molecule has 264 valence electrons. The molecule has 45 heavy (non-hydrogen) atoms. The van der Waals surface area contributed by atoms with Crippen LogP contribution in [0.4, 0.5) is 0 Å². The zero-order chi connectivity index (χ0) is 33.5. The van der Waals surface area contributed by atoms with Crippen LogP contribution in [-0.4, -0.2) is 70.7 Å². The number of carbonyl (C=O) groups excluding carboxylic acids is 1. The van der Waals surface area contributed by atoms with Crippen molar-refractivity contribution in [3.05, 3.63) is 36.5 Å². The Balaban J connectivity index is 4.27. The van der Waals surface area contributed by atoms with Crippen molar-refractivity contribution in [2.24, 2.45) is 0 Å². The summed E-state index contributed by atoms with van der Waals surface area (Å²) in [6.45, 7) is 5.20. The van der Waals surface area contributed by atoms with Crippen molar-refractivity contribution < 1.29 is 37.3 Å². The molecule has 0 fully saturated rings. The van der Waals surface area contributed by atoms with Gasteiger partial charge in [-0.3, -0.25) is 9.36 Å². The highest BCUT2D eigenvalue weighted by atomic mass is 31.2. The van der Waals surface area contributed by atoms with Gasteiger partial charge in [0, 0.05) is 13.0 Å². The number of phosphoric ester groups is 1. The lowest BCUT2D eigenvalue weighted by atomic mass is 10.1. The van der Waals surface area contributed by atoms with Crippen molar-refractivity contribution in [2.75, 3.05) is 54.1 Å². The SMILES string of the molecule is CC/C=C\C/C=C\C/C=C\CCCCCCCCOCC(COP(=O)([O-])OCC[N+](C)(C)C)OC(=O)CCCCCCCCC. The van der Waals surface area contributed by atoms with E-state index < -0.39 is 13.9 Å². The molecule has 0 saturated carbocycles. The minimum Gasteiger partial charge on any atom is -0.756 e. The third kappa shape index (κ3) is 33.9. The summed E-state index contributed by atoms with van der Waals surface area (Å²) in [6.07, 6.45) is 31.7. The van der Waals surface area contributed by atoms with Crippen molar-refractivity contribution in [2.45, 2.75) is 136 Å². The first-order valence-electron chi connectivity index (χ1n) is 17.7. The largest absolute Gasteiger partial charge is 0.756 e. The van der Waals surface area contributed by atoms with Crippen LogP contribution in [0.1, 0.15) is 129 Å². The van der Waals surface area contributed by atoms with Gasteiger partial charge in [-0.25, -0.2) is 0 Å². The number of phosphoric acid groups is 1. The Kier molecular flexibility index (Phi) is 29.2. The summed E-state index contributed by atoms with van der Waals surface area (Å²) in [6, 6.07) is 0. The van der Waals surface area contributed by atoms with Gasteiger partial charge in [0.1, 0.15) is 19.3 Å². The van der Waals surface area contributed by atoms with Gasteiger partial charge in [-0.2, -0.15) is 0 Å². The van der Waals surface area contributed by atoms with Gasteiger partial charge in [-0.05, 0) is 44.9 Å². The van der Waals surface area contributed by atoms with Crippen LogP contribution < -0.4 is 4.89 Å². The third-order valence-corrected chi connectivity index (χ3v) is 8.17. The van der Waals surface area contributed by atoms with Crippen LogP contribution in [0.25, 0.3) is 0 Å². The van der Waals surface area contributed by atoms with E-state index in [1.54, 1.807) is 0 Å². The zero-order valence-corrected chi connectivity index (χ0v) is 30.5. The summed E-state index contributed by atoms with van der Waals surface area (Å²) in [5.41, 5.74) is 0. The number of allylic oxidation sites excluding steroid dienone is 6. The van der Waals surface area contributed by atoms with Crippen molar-refractivity contribution in [3.63, 3.8) is 0 Å². The lowest BCUT2D eigenvalue weighted by Crippen LogP contribution is -2.37. The topological polar surface area (TPSA) is 94.1 Å². The van der Waals surface area contributed by atoms with Gasteiger partial charge >= 0.3 is 5.97 Å². The molecule has 0 aliphatic heterocycles. The zero-order valence-electron chi connectivity index (χ0n) is 29.6. The molecule has 0 aromatic heterocycles. The van der Waals surface area contributed by atoms with Crippen molar-refractivity contribution in [1.29, 1.82) is 0 Å². The molecule has 0 rings (SSSR count). The number of quaternary nitrogens is 1. The molecule has 0 amide bonds. The minimum atomic E-state index is -4.51. The molecule has 0 spiro atoms. The number of likely N-dealkylation sites (N-methyl/N-ethyl adjacent to an activating group) is 1. The normalized spacial score (nSPS) is 14.5. The van der Waals surface area contributed by atoms with E-state index in [1.807, 2.05) is 21.1 Å². The number of hydrogen-bond donors (Lipinski definition) is 0. The predicted octanol–water partition coefficient (Wildman–Crippen LogP) is 8.85. The summed E-state index contributed by atoms with van der Waals surface area (Å²) in [7, 11) is 1.34. The second kappa shape index (κ2) is 30.1. The molecule has 2 unspecified atom stereocenters. The summed E-state index contributed by atoms with van der Waals surface area (Å²) >= 11 is 0. The van der Waals surface area contributed by atoms with Crippen LogP contribution in [-0.2, 0) is 27.9 Å². The molecule has 0 aromatic carbocycles. The van der Waals surface area contributed by atoms with Gasteiger partial charge in [0.2, 0.25) is 0 Å². The summed E-state index contributed by atoms with van der Waals surface area (Å²) in [4.78, 5) is 24.7. The quantitative estimate of drug-likeness (QED) is 0.0235. The lowest BCUT2D eigenvalue weighted by Gasteiger charge is -2.28. The van der Waals surface area contributed by atoms with E-state index in [-0.39, 0.29) is 25.8 Å². The van der Waals surface area contributed by atoms with E-state index in [2.05, 4.69) is 50.3 Å². The number of nitrogens with zero attached hydrogens (tertiary/aromatic N) is 1. The Labute approximate surface area is 276 Å². The molecule has 9 heteroatoms. The average Bonchev–Trinajstić information content (AvgIpc) is 2.98. The number of carbonyl (C=O) groups is 1. The Hall–Kier alpha value is -1.28. The Morgan fingerprint density at radius 1 is 0.711 bits per heavy atom. The molecular weight excluding hydrogens is 589 g/mol. The lowest BCUT2D eigenvalue weighted by molar-refractivity contribution is -0.870. The molecule has 0 aliphatic rings. The van der Waals surface area contributed by atoms with Gasteiger partial charge < -0.3 is 27.9 Å². The van der Waals surface area contributed by atoms with Crippen LogP contribution in [0, 0.1) is 0 Å². The average molecular weight is 658 g/mol. The molecule has 0 N–H and O–H groups in total. The fourth-order valence-electron chi connectivity index (χ4n) is 4.44. The molecule has 8 nitrogen and oxygen atoms in total. The van der Waals surface area contributed by atoms with E-state index in [1.165, 1.54) is 44.9 Å². The standard InChI is InChI=1S/C36H68NO7P/c1-6-8-10-12-14-15-16-17-18-19-20-21-22-24-26-28-31-41-33-35(34-43-45(39,40)42-32-30-37(3,4)5)44-36(38)29-27-25-23-13-11-9-7-2/h8,10,14-15,17-18,35H,6-7,9,11-13,16,19-34H2,1-5H3/b10-8-,15-14-,18-17-. The minimum absolute atomic E-state index is 0.0230. The fraction of sp³-hybridized carbons (Fsp3) is 0.806. The van der Waals surface area contributed by atoms with E-state index in [0.29, 0.717) is 24.1 Å². The van der Waals surface area contributed by atoms with Crippen molar-refractivity contribution >= 4 is 13.8 Å². The van der Waals surface area contributed by atoms with E-state index in [0.717, 1.165) is 64.2 Å². The highest BCUT2D eigenvalue weighted by molar-refractivity contribution is 7.45. The first-order valence-corrected chi connectivity index (χ1v) is 19.2.